The minimum atomic E-state index is -0.0720. The molecule has 1 atom stereocenters. The van der Waals surface area contributed by atoms with E-state index in [0.29, 0.717) is 12.1 Å². The number of amides is 1. The predicted molar refractivity (Wildman–Crippen MR) is 113 cm³/mol. The van der Waals surface area contributed by atoms with Crippen LogP contribution in [0.1, 0.15) is 27.5 Å². The monoisotopic (exact) mass is 388 g/mol. The molecule has 2 N–H and O–H groups in total. The minimum Gasteiger partial charge on any atom is -0.379 e. The molecule has 1 amide bonds. The molecule has 6 nitrogen and oxygen atoms in total. The Bertz CT molecular complexity index is 1030. The predicted octanol–water partition coefficient (Wildman–Crippen LogP) is 2.96. The number of nitrogens with one attached hydrogen (secondary N) is 2. The van der Waals surface area contributed by atoms with Gasteiger partial charge < -0.3 is 15.4 Å². The molecular formula is C23H24N4O2. The molecule has 5 rings (SSSR count). The molecule has 3 heterocycles. The zero-order valence-corrected chi connectivity index (χ0v) is 16.2. The molecule has 29 heavy (non-hydrogen) atoms. The third-order valence-corrected chi connectivity index (χ3v) is 5.71. The second-order valence-electron chi connectivity index (χ2n) is 7.60. The third kappa shape index (κ3) is 3.69. The Morgan fingerprint density at radius 1 is 1.17 bits per heavy atom. The maximum absolute atomic E-state index is 13.2. The van der Waals surface area contributed by atoms with Crippen LogP contribution in [0.15, 0.2) is 54.7 Å². The van der Waals surface area contributed by atoms with Crippen molar-refractivity contribution < 1.29 is 9.53 Å². The summed E-state index contributed by atoms with van der Waals surface area (Å²) in [7, 11) is 0. The van der Waals surface area contributed by atoms with Crippen molar-refractivity contribution in [1.82, 2.24) is 15.2 Å². The standard InChI is InChI=1S/C23H24N4O2/c28-23(18-12-17-6-7-24-22-21(17)19(13-18)14-25-22)26-20(16-4-2-1-3-5-16)15-27-8-10-29-11-9-27/h1-7,12-13,20H,8-11,14-15H2,(H,24,25)(H,26,28)/t20-/m0/s1. The number of pyridine rings is 1. The summed E-state index contributed by atoms with van der Waals surface area (Å²) in [6.07, 6.45) is 1.78. The van der Waals surface area contributed by atoms with Crippen LogP contribution in [-0.4, -0.2) is 48.6 Å². The van der Waals surface area contributed by atoms with Gasteiger partial charge >= 0.3 is 0 Å². The third-order valence-electron chi connectivity index (χ3n) is 5.71. The van der Waals surface area contributed by atoms with Gasteiger partial charge in [0, 0.05) is 43.3 Å². The number of morpholine rings is 1. The summed E-state index contributed by atoms with van der Waals surface area (Å²) >= 11 is 0. The topological polar surface area (TPSA) is 66.5 Å². The largest absolute Gasteiger partial charge is 0.379 e. The molecular weight excluding hydrogens is 364 g/mol. The van der Waals surface area contributed by atoms with E-state index in [1.165, 1.54) is 0 Å². The second-order valence-corrected chi connectivity index (χ2v) is 7.60. The van der Waals surface area contributed by atoms with Gasteiger partial charge in [0.1, 0.15) is 5.82 Å². The lowest BCUT2D eigenvalue weighted by Crippen LogP contribution is -2.43. The number of carbonyl (C=O) groups is 1. The van der Waals surface area contributed by atoms with Crippen molar-refractivity contribution in [2.45, 2.75) is 12.6 Å². The molecule has 0 aliphatic carbocycles. The minimum absolute atomic E-state index is 0.0458. The molecule has 2 aliphatic rings. The van der Waals surface area contributed by atoms with Crippen LogP contribution >= 0.6 is 0 Å². The van der Waals surface area contributed by atoms with Gasteiger partial charge in [0.15, 0.2) is 0 Å². The molecule has 1 fully saturated rings. The van der Waals surface area contributed by atoms with Crippen molar-refractivity contribution in [1.29, 1.82) is 0 Å². The molecule has 0 saturated carbocycles. The summed E-state index contributed by atoms with van der Waals surface area (Å²) in [4.78, 5) is 19.9. The van der Waals surface area contributed by atoms with E-state index in [4.69, 9.17) is 4.74 Å². The Morgan fingerprint density at radius 2 is 2.00 bits per heavy atom. The van der Waals surface area contributed by atoms with Crippen molar-refractivity contribution >= 4 is 22.5 Å². The SMILES string of the molecule is O=C(N[C@@H](CN1CCOCC1)c1ccccc1)c1cc2c3c(nccc3c1)NC2. The Labute approximate surface area is 169 Å². The Balaban J connectivity index is 1.41. The number of rotatable bonds is 5. The lowest BCUT2D eigenvalue weighted by molar-refractivity contribution is 0.0332. The summed E-state index contributed by atoms with van der Waals surface area (Å²) in [6, 6.07) is 16.0. The smallest absolute Gasteiger partial charge is 0.251 e. The number of carbonyl (C=O) groups excluding carboxylic acids is 1. The van der Waals surface area contributed by atoms with E-state index < -0.39 is 0 Å². The first kappa shape index (κ1) is 18.1. The Hall–Kier alpha value is -2.96. The number of ether oxygens (including phenoxy) is 1. The van der Waals surface area contributed by atoms with E-state index in [1.807, 2.05) is 36.4 Å². The van der Waals surface area contributed by atoms with E-state index >= 15 is 0 Å². The van der Waals surface area contributed by atoms with Crippen molar-refractivity contribution in [2.75, 3.05) is 38.2 Å². The average molecular weight is 388 g/mol. The maximum atomic E-state index is 13.2. The number of nitrogens with zero attached hydrogens (tertiary/aromatic N) is 2. The highest BCUT2D eigenvalue weighted by Crippen LogP contribution is 2.32. The number of hydrogen-bond acceptors (Lipinski definition) is 5. The van der Waals surface area contributed by atoms with Gasteiger partial charge in [-0.25, -0.2) is 4.98 Å². The molecule has 2 aromatic carbocycles. The average Bonchev–Trinajstić information content (AvgIpc) is 3.19. The Kier molecular flexibility index (Phi) is 4.87. The normalized spacial score (nSPS) is 17.1. The zero-order chi connectivity index (χ0) is 19.6. The van der Waals surface area contributed by atoms with Crippen LogP contribution in [0, 0.1) is 0 Å². The van der Waals surface area contributed by atoms with Crippen LogP contribution < -0.4 is 10.6 Å². The van der Waals surface area contributed by atoms with Crippen molar-refractivity contribution in [3.8, 4) is 0 Å². The van der Waals surface area contributed by atoms with E-state index in [2.05, 4.69) is 32.7 Å². The first-order valence-electron chi connectivity index (χ1n) is 10.1. The van der Waals surface area contributed by atoms with Crippen molar-refractivity contribution in [3.63, 3.8) is 0 Å². The van der Waals surface area contributed by atoms with Gasteiger partial charge in [-0.2, -0.15) is 0 Å². The Morgan fingerprint density at radius 3 is 2.83 bits per heavy atom. The molecule has 2 aliphatic heterocycles. The van der Waals surface area contributed by atoms with E-state index in [0.717, 1.165) is 60.6 Å². The van der Waals surface area contributed by atoms with Crippen LogP contribution in [0.4, 0.5) is 5.82 Å². The van der Waals surface area contributed by atoms with Gasteiger partial charge in [-0.15, -0.1) is 0 Å². The van der Waals surface area contributed by atoms with Gasteiger partial charge in [0.2, 0.25) is 0 Å². The first-order valence-corrected chi connectivity index (χ1v) is 10.1. The number of hydrogen-bond donors (Lipinski definition) is 2. The van der Waals surface area contributed by atoms with E-state index in [-0.39, 0.29) is 11.9 Å². The highest BCUT2D eigenvalue weighted by atomic mass is 16.5. The quantitative estimate of drug-likeness (QED) is 0.704. The summed E-state index contributed by atoms with van der Waals surface area (Å²) in [5, 5.41) is 8.74. The molecule has 0 spiro atoms. The molecule has 0 bridgehead atoms. The fourth-order valence-corrected chi connectivity index (χ4v) is 4.19. The second kappa shape index (κ2) is 7.81. The molecule has 0 unspecified atom stereocenters. The molecule has 1 saturated heterocycles. The highest BCUT2D eigenvalue weighted by molar-refractivity contribution is 6.04. The van der Waals surface area contributed by atoms with Gasteiger partial charge in [-0.1, -0.05) is 30.3 Å². The summed E-state index contributed by atoms with van der Waals surface area (Å²) in [6.45, 7) is 4.75. The fraction of sp³-hybridized carbons (Fsp3) is 0.304. The van der Waals surface area contributed by atoms with Crippen molar-refractivity contribution in [3.05, 3.63) is 71.4 Å². The van der Waals surface area contributed by atoms with Crippen molar-refractivity contribution in [2.24, 2.45) is 0 Å². The number of benzene rings is 2. The van der Waals surface area contributed by atoms with Crippen LogP contribution in [0.3, 0.4) is 0 Å². The lowest BCUT2D eigenvalue weighted by atomic mass is 10.0. The van der Waals surface area contributed by atoms with Crippen LogP contribution in [0.25, 0.3) is 10.8 Å². The summed E-state index contributed by atoms with van der Waals surface area (Å²) in [5.41, 5.74) is 2.93. The van der Waals surface area contributed by atoms with Crippen LogP contribution in [0.5, 0.6) is 0 Å². The molecule has 0 radical (unpaired) electrons. The highest BCUT2D eigenvalue weighted by Gasteiger charge is 2.22. The summed E-state index contributed by atoms with van der Waals surface area (Å²) in [5.74, 6) is 0.856. The maximum Gasteiger partial charge on any atom is 0.251 e. The lowest BCUT2D eigenvalue weighted by Gasteiger charge is -2.31. The fourth-order valence-electron chi connectivity index (χ4n) is 4.19. The first-order chi connectivity index (χ1) is 14.3. The molecule has 6 heteroatoms. The van der Waals surface area contributed by atoms with Gasteiger partial charge in [-0.05, 0) is 34.7 Å². The van der Waals surface area contributed by atoms with Gasteiger partial charge in [0.05, 0.1) is 19.3 Å². The van der Waals surface area contributed by atoms with Gasteiger partial charge in [0.25, 0.3) is 5.91 Å². The van der Waals surface area contributed by atoms with Crippen LogP contribution in [-0.2, 0) is 11.3 Å². The summed E-state index contributed by atoms with van der Waals surface area (Å²) < 4.78 is 5.47. The van der Waals surface area contributed by atoms with Crippen LogP contribution in [0.2, 0.25) is 0 Å². The number of aromatic nitrogens is 1. The zero-order valence-electron chi connectivity index (χ0n) is 16.2. The van der Waals surface area contributed by atoms with E-state index in [9.17, 15) is 4.79 Å². The molecule has 148 valence electrons. The van der Waals surface area contributed by atoms with E-state index in [1.54, 1.807) is 6.20 Å². The molecule has 1 aromatic heterocycles. The number of anilines is 1. The molecule has 3 aromatic rings. The van der Waals surface area contributed by atoms with Gasteiger partial charge in [-0.3, -0.25) is 9.69 Å².